The Balaban J connectivity index is 0.867. The molecule has 0 bridgehead atoms. The third kappa shape index (κ3) is 6.50. The smallest absolute Gasteiger partial charge is 0.275 e. The summed E-state index contributed by atoms with van der Waals surface area (Å²) in [5.74, 6) is 0.118. The first-order valence-corrected chi connectivity index (χ1v) is 14.2. The Morgan fingerprint density at radius 3 is 2.69 bits per heavy atom. The molecule has 6 rings (SSSR count). The van der Waals surface area contributed by atoms with Crippen molar-refractivity contribution in [2.24, 2.45) is 11.7 Å². The summed E-state index contributed by atoms with van der Waals surface area (Å²) in [5.41, 5.74) is 13.0. The number of anilines is 2. The van der Waals surface area contributed by atoms with Crippen LogP contribution in [0.15, 0.2) is 30.9 Å². The van der Waals surface area contributed by atoms with E-state index in [1.165, 1.54) is 16.7 Å². The minimum absolute atomic E-state index is 0.0730. The third-order valence-corrected chi connectivity index (χ3v) is 7.85. The van der Waals surface area contributed by atoms with Gasteiger partial charge in [0, 0.05) is 63.6 Å². The van der Waals surface area contributed by atoms with Crippen LogP contribution in [0.5, 0.6) is 0 Å². The predicted molar refractivity (Wildman–Crippen MR) is 152 cm³/mol. The summed E-state index contributed by atoms with van der Waals surface area (Å²) < 4.78 is 21.6. The summed E-state index contributed by atoms with van der Waals surface area (Å²) in [7, 11) is 0. The number of fused-ring (bicyclic) bond motifs is 1. The van der Waals surface area contributed by atoms with Crippen LogP contribution < -0.4 is 32.1 Å². The second-order valence-electron chi connectivity index (χ2n) is 11.3. The van der Waals surface area contributed by atoms with Crippen LogP contribution in [0.2, 0.25) is 0 Å². The number of aromatic nitrogens is 4. The summed E-state index contributed by atoms with van der Waals surface area (Å²) in [6.45, 7) is 7.30. The summed E-state index contributed by atoms with van der Waals surface area (Å²) >= 11 is 0. The highest BCUT2D eigenvalue weighted by atomic mass is 19.1. The Bertz CT molecular complexity index is 1430. The molecule has 0 radical (unpaired) electrons. The maximum Gasteiger partial charge on any atom is 0.275 e. The van der Waals surface area contributed by atoms with E-state index in [0.29, 0.717) is 36.2 Å². The van der Waals surface area contributed by atoms with Crippen molar-refractivity contribution < 1.29 is 18.7 Å². The Morgan fingerprint density at radius 1 is 1.17 bits per heavy atom. The third-order valence-electron chi connectivity index (χ3n) is 7.85. The molecule has 3 saturated heterocycles. The molecule has 42 heavy (non-hydrogen) atoms. The van der Waals surface area contributed by atoms with Gasteiger partial charge in [-0.05, 0) is 26.3 Å². The number of hydrazine groups is 1. The lowest BCUT2D eigenvalue weighted by molar-refractivity contribution is -0.132. The Morgan fingerprint density at radius 2 is 1.98 bits per heavy atom. The molecule has 0 atom stereocenters. The number of aryl methyl sites for hydroxylation is 1. The average Bonchev–Trinajstić information content (AvgIpc) is 3.56. The van der Waals surface area contributed by atoms with Gasteiger partial charge in [0.15, 0.2) is 11.5 Å². The highest BCUT2D eigenvalue weighted by Crippen LogP contribution is 2.25. The molecule has 14 nitrogen and oxygen atoms in total. The largest absolute Gasteiger partial charge is 0.366 e. The van der Waals surface area contributed by atoms with Crippen LogP contribution in [0.1, 0.15) is 29.0 Å². The number of nitrogens with zero attached hydrogens (tertiary/aromatic N) is 6. The fourth-order valence-corrected chi connectivity index (χ4v) is 5.43. The van der Waals surface area contributed by atoms with E-state index in [1.807, 2.05) is 0 Å². The lowest BCUT2D eigenvalue weighted by atomic mass is 9.97. The number of ether oxygens (including phenoxy) is 1. The van der Waals surface area contributed by atoms with Crippen LogP contribution in [0.4, 0.5) is 15.9 Å². The zero-order valence-electron chi connectivity index (χ0n) is 23.5. The number of carbonyl (C=O) groups excluding carboxylic acids is 2. The minimum atomic E-state index is -0.522. The standard InChI is InChI=1S/C27H36FN11O3/c1-17-9-39-13-19(6-21(28)25(39)33-17)34-26(41)22-7-32-23(8-31-22)38-11-18(12-38)10-37-14-20(15-37)42-16-24(40)30-5-3-27(2-4-29)35-36-27/h6-9,13,18,20,35-36H,2-5,10-12,14-16,29H2,1H3,(H,30,40)(H,34,41). The SMILES string of the molecule is Cc1cn2cc(NC(=O)c3cnc(N4CC(CN5CC(OCC(=O)NCCC6(CCN)NN6)C5)C4)cn3)cc(F)c2n1. The van der Waals surface area contributed by atoms with Crippen LogP contribution in [-0.4, -0.2) is 100 Å². The van der Waals surface area contributed by atoms with Gasteiger partial charge in [-0.25, -0.2) is 30.2 Å². The van der Waals surface area contributed by atoms with Gasteiger partial charge in [0.2, 0.25) is 5.91 Å². The summed E-state index contributed by atoms with van der Waals surface area (Å²) in [4.78, 5) is 41.9. The van der Waals surface area contributed by atoms with Crippen LogP contribution in [0.25, 0.3) is 5.65 Å². The van der Waals surface area contributed by atoms with Crippen LogP contribution >= 0.6 is 0 Å². The lowest BCUT2D eigenvalue weighted by Gasteiger charge is -2.46. The maximum atomic E-state index is 14.3. The molecular formula is C27H36FN11O3. The first kappa shape index (κ1) is 28.4. The molecular weight excluding hydrogens is 545 g/mol. The molecule has 0 spiro atoms. The predicted octanol–water partition coefficient (Wildman–Crippen LogP) is -0.380. The van der Waals surface area contributed by atoms with Crippen molar-refractivity contribution in [2.75, 3.05) is 62.6 Å². The fraction of sp³-hybridized carbons (Fsp3) is 0.519. The van der Waals surface area contributed by atoms with E-state index in [-0.39, 0.29) is 35.6 Å². The summed E-state index contributed by atoms with van der Waals surface area (Å²) in [6, 6.07) is 1.23. The highest BCUT2D eigenvalue weighted by Gasteiger charge is 2.40. The Labute approximate surface area is 242 Å². The quantitative estimate of drug-likeness (QED) is 0.166. The number of likely N-dealkylation sites (tertiary alicyclic amines) is 1. The first-order chi connectivity index (χ1) is 20.3. The molecule has 6 N–H and O–H groups in total. The average molecular weight is 582 g/mol. The van der Waals surface area contributed by atoms with E-state index in [2.05, 4.69) is 46.2 Å². The molecule has 2 amide bonds. The van der Waals surface area contributed by atoms with Gasteiger partial charge in [0.25, 0.3) is 5.91 Å². The molecule has 3 aromatic heterocycles. The van der Waals surface area contributed by atoms with Gasteiger partial charge in [-0.1, -0.05) is 0 Å². The highest BCUT2D eigenvalue weighted by molar-refractivity contribution is 6.02. The van der Waals surface area contributed by atoms with E-state index in [4.69, 9.17) is 10.5 Å². The van der Waals surface area contributed by atoms with Crippen molar-refractivity contribution in [1.82, 2.24) is 40.4 Å². The molecule has 3 aliphatic heterocycles. The number of amides is 2. The topological polar surface area (TPSA) is 187 Å². The summed E-state index contributed by atoms with van der Waals surface area (Å²) in [6.07, 6.45) is 7.99. The fourth-order valence-electron chi connectivity index (χ4n) is 5.43. The van der Waals surface area contributed by atoms with Crippen LogP contribution in [0, 0.1) is 18.7 Å². The number of hydrogen-bond donors (Lipinski definition) is 5. The molecule has 0 unspecified atom stereocenters. The van der Waals surface area contributed by atoms with Crippen molar-refractivity contribution in [1.29, 1.82) is 0 Å². The molecule has 0 aromatic carbocycles. The second-order valence-corrected chi connectivity index (χ2v) is 11.3. The maximum absolute atomic E-state index is 14.3. The monoisotopic (exact) mass is 581 g/mol. The number of nitrogens with one attached hydrogen (secondary N) is 4. The van der Waals surface area contributed by atoms with Crippen LogP contribution in [0.3, 0.4) is 0 Å². The number of hydrogen-bond acceptors (Lipinski definition) is 11. The molecule has 15 heteroatoms. The van der Waals surface area contributed by atoms with Crippen molar-refractivity contribution in [3.8, 4) is 0 Å². The van der Waals surface area contributed by atoms with Gasteiger partial charge in [0.1, 0.15) is 18.1 Å². The number of pyridine rings is 1. The molecule has 3 aliphatic rings. The van der Waals surface area contributed by atoms with Gasteiger partial charge >= 0.3 is 0 Å². The molecule has 3 aromatic rings. The van der Waals surface area contributed by atoms with E-state index in [9.17, 15) is 14.0 Å². The Hall–Kier alpha value is -3.76. The summed E-state index contributed by atoms with van der Waals surface area (Å²) in [5, 5.41) is 5.57. The van der Waals surface area contributed by atoms with Crippen molar-refractivity contribution in [3.63, 3.8) is 0 Å². The molecule has 0 aliphatic carbocycles. The zero-order chi connectivity index (χ0) is 29.3. The van der Waals surface area contributed by atoms with E-state index >= 15 is 0 Å². The molecule has 3 fully saturated rings. The molecule has 0 saturated carbocycles. The van der Waals surface area contributed by atoms with Crippen LogP contribution in [-0.2, 0) is 9.53 Å². The van der Waals surface area contributed by atoms with Gasteiger partial charge in [0.05, 0.1) is 35.5 Å². The lowest BCUT2D eigenvalue weighted by Crippen LogP contribution is -2.59. The number of rotatable bonds is 13. The first-order valence-electron chi connectivity index (χ1n) is 14.2. The van der Waals surface area contributed by atoms with Gasteiger partial charge in [-0.3, -0.25) is 14.5 Å². The number of imidazole rings is 1. The van der Waals surface area contributed by atoms with E-state index < -0.39 is 11.7 Å². The number of carbonyl (C=O) groups is 2. The minimum Gasteiger partial charge on any atom is -0.366 e. The Kier molecular flexibility index (Phi) is 8.00. The van der Waals surface area contributed by atoms with Crippen molar-refractivity contribution in [3.05, 3.63) is 48.1 Å². The normalized spacial score (nSPS) is 18.5. The molecule has 6 heterocycles. The van der Waals surface area contributed by atoms with E-state index in [1.54, 1.807) is 25.5 Å². The van der Waals surface area contributed by atoms with Crippen molar-refractivity contribution >= 4 is 29.0 Å². The van der Waals surface area contributed by atoms with Gasteiger partial charge < -0.3 is 30.4 Å². The number of nitrogens with two attached hydrogens (primary N) is 1. The van der Waals surface area contributed by atoms with Gasteiger partial charge in [-0.15, -0.1) is 0 Å². The second kappa shape index (κ2) is 11.9. The number of halogens is 1. The van der Waals surface area contributed by atoms with Gasteiger partial charge in [-0.2, -0.15) is 0 Å². The zero-order valence-corrected chi connectivity index (χ0v) is 23.5. The molecule has 224 valence electrons. The van der Waals surface area contributed by atoms with E-state index in [0.717, 1.165) is 45.6 Å². The van der Waals surface area contributed by atoms with Crippen molar-refractivity contribution in [2.45, 2.75) is 31.5 Å².